The molecular formula is C28H30ClN3O3. The summed E-state index contributed by atoms with van der Waals surface area (Å²) >= 11 is 6.17. The van der Waals surface area contributed by atoms with E-state index in [0.29, 0.717) is 17.1 Å². The molecule has 1 fully saturated rings. The van der Waals surface area contributed by atoms with Gasteiger partial charge in [-0.1, -0.05) is 35.9 Å². The van der Waals surface area contributed by atoms with E-state index in [2.05, 4.69) is 34.9 Å². The predicted octanol–water partition coefficient (Wildman–Crippen LogP) is 4.57. The second-order valence-corrected chi connectivity index (χ2v) is 9.29. The first-order valence-electron chi connectivity index (χ1n) is 11.8. The number of aliphatic hydroxyl groups is 2. The van der Waals surface area contributed by atoms with Gasteiger partial charge >= 0.3 is 0 Å². The Morgan fingerprint density at radius 1 is 1.03 bits per heavy atom. The Morgan fingerprint density at radius 3 is 2.34 bits per heavy atom. The Hall–Kier alpha value is -3.08. The lowest BCUT2D eigenvalue weighted by atomic mass is 9.97. The molecule has 0 spiro atoms. The highest BCUT2D eigenvalue weighted by Crippen LogP contribution is 2.35. The fourth-order valence-electron chi connectivity index (χ4n) is 4.72. The summed E-state index contributed by atoms with van der Waals surface area (Å²) in [5.74, 6) is 0.725. The van der Waals surface area contributed by atoms with Gasteiger partial charge in [-0.2, -0.15) is 5.26 Å². The normalized spacial score (nSPS) is 19.2. The van der Waals surface area contributed by atoms with Crippen molar-refractivity contribution in [2.75, 3.05) is 37.7 Å². The average Bonchev–Trinajstić information content (AvgIpc) is 2.88. The molecule has 1 saturated heterocycles. The zero-order valence-electron chi connectivity index (χ0n) is 19.7. The van der Waals surface area contributed by atoms with E-state index >= 15 is 0 Å². The highest BCUT2D eigenvalue weighted by molar-refractivity contribution is 6.30. The molecule has 0 aliphatic carbocycles. The van der Waals surface area contributed by atoms with Gasteiger partial charge in [0.15, 0.2) is 0 Å². The molecule has 0 radical (unpaired) electrons. The maximum Gasteiger partial charge on any atom is 0.119 e. The van der Waals surface area contributed by atoms with Crippen molar-refractivity contribution in [3.05, 3.63) is 94.5 Å². The van der Waals surface area contributed by atoms with Crippen LogP contribution in [0.3, 0.4) is 0 Å². The summed E-state index contributed by atoms with van der Waals surface area (Å²) in [7, 11) is 0. The average molecular weight is 492 g/mol. The standard InChI is InChI=1S/C28H30ClN3O3/c1-20-17-31(19-28(34)23-4-2-21(16-30)3-5-23)18-27(22-6-8-24(29)9-7-22)32(20)25-10-12-26(13-11-25)35-15-14-33/h2-13,20,27-28,33-34H,14-15,17-19H2,1H3/t20?,27-,28?/m0/s1. The Balaban J connectivity index is 1.56. The lowest BCUT2D eigenvalue weighted by molar-refractivity contribution is 0.0915. The van der Waals surface area contributed by atoms with E-state index in [4.69, 9.17) is 26.7 Å². The number of anilines is 1. The van der Waals surface area contributed by atoms with Crippen molar-refractivity contribution in [2.45, 2.75) is 25.1 Å². The van der Waals surface area contributed by atoms with Crippen LogP contribution >= 0.6 is 11.6 Å². The first kappa shape index (κ1) is 25.0. The molecule has 2 unspecified atom stereocenters. The van der Waals surface area contributed by atoms with E-state index in [1.807, 2.05) is 48.5 Å². The van der Waals surface area contributed by atoms with Gasteiger partial charge in [-0.15, -0.1) is 0 Å². The minimum Gasteiger partial charge on any atom is -0.491 e. The monoisotopic (exact) mass is 491 g/mol. The Kier molecular flexibility index (Phi) is 8.27. The number of halogens is 1. The number of ether oxygens (including phenoxy) is 1. The third-order valence-corrected chi connectivity index (χ3v) is 6.62. The predicted molar refractivity (Wildman–Crippen MR) is 138 cm³/mol. The maximum absolute atomic E-state index is 10.9. The molecule has 1 aliphatic heterocycles. The van der Waals surface area contributed by atoms with Gasteiger partial charge in [0.05, 0.1) is 30.4 Å². The summed E-state index contributed by atoms with van der Waals surface area (Å²) in [4.78, 5) is 4.70. The molecule has 2 N–H and O–H groups in total. The van der Waals surface area contributed by atoms with Crippen molar-refractivity contribution < 1.29 is 14.9 Å². The van der Waals surface area contributed by atoms with Crippen molar-refractivity contribution in [1.82, 2.24) is 4.90 Å². The second kappa shape index (κ2) is 11.6. The van der Waals surface area contributed by atoms with Crippen LogP contribution in [0.25, 0.3) is 0 Å². The number of nitrogens with zero attached hydrogens (tertiary/aromatic N) is 3. The molecule has 3 atom stereocenters. The fraction of sp³-hybridized carbons (Fsp3) is 0.321. The topological polar surface area (TPSA) is 80.0 Å². The third-order valence-electron chi connectivity index (χ3n) is 6.37. The molecule has 7 heteroatoms. The van der Waals surface area contributed by atoms with Crippen LogP contribution in [0.1, 0.15) is 35.8 Å². The van der Waals surface area contributed by atoms with Gasteiger partial charge in [-0.05, 0) is 66.6 Å². The second-order valence-electron chi connectivity index (χ2n) is 8.86. The molecule has 0 saturated carbocycles. The van der Waals surface area contributed by atoms with Gasteiger partial charge in [0, 0.05) is 36.4 Å². The van der Waals surface area contributed by atoms with Gasteiger partial charge in [-0.25, -0.2) is 0 Å². The fourth-order valence-corrected chi connectivity index (χ4v) is 4.84. The number of aliphatic hydroxyl groups excluding tert-OH is 2. The number of nitriles is 1. The minimum atomic E-state index is -0.643. The van der Waals surface area contributed by atoms with Crippen molar-refractivity contribution >= 4 is 17.3 Å². The van der Waals surface area contributed by atoms with Crippen LogP contribution in [0.2, 0.25) is 5.02 Å². The van der Waals surface area contributed by atoms with Crippen LogP contribution in [-0.4, -0.2) is 54.0 Å². The molecule has 1 heterocycles. The van der Waals surface area contributed by atoms with E-state index in [1.54, 1.807) is 12.1 Å². The molecule has 182 valence electrons. The van der Waals surface area contributed by atoms with E-state index in [0.717, 1.165) is 35.7 Å². The summed E-state index contributed by atoms with van der Waals surface area (Å²) in [6.45, 7) is 4.47. The molecule has 3 aromatic carbocycles. The number of rotatable bonds is 8. The van der Waals surface area contributed by atoms with Crippen LogP contribution < -0.4 is 9.64 Å². The SMILES string of the molecule is CC1CN(CC(O)c2ccc(C#N)cc2)C[C@@H](c2ccc(Cl)cc2)N1c1ccc(OCCO)cc1. The van der Waals surface area contributed by atoms with Crippen LogP contribution in [0, 0.1) is 11.3 Å². The number of hydrogen-bond acceptors (Lipinski definition) is 6. The Morgan fingerprint density at radius 2 is 1.71 bits per heavy atom. The number of benzene rings is 3. The maximum atomic E-state index is 10.9. The number of β-amino-alcohol motifs (C(OH)–C–C–N with tert-alkyl or cyclic N) is 1. The van der Waals surface area contributed by atoms with E-state index in [-0.39, 0.29) is 25.3 Å². The zero-order valence-corrected chi connectivity index (χ0v) is 20.5. The van der Waals surface area contributed by atoms with E-state index < -0.39 is 6.10 Å². The van der Waals surface area contributed by atoms with Crippen molar-refractivity contribution in [3.63, 3.8) is 0 Å². The lowest BCUT2D eigenvalue weighted by Gasteiger charge is -2.48. The van der Waals surface area contributed by atoms with Gasteiger partial charge in [0.1, 0.15) is 12.4 Å². The van der Waals surface area contributed by atoms with Gasteiger partial charge in [0.2, 0.25) is 0 Å². The Labute approximate surface area is 211 Å². The lowest BCUT2D eigenvalue weighted by Crippen LogP contribution is -2.54. The minimum absolute atomic E-state index is 0.0201. The number of hydrogen-bond donors (Lipinski definition) is 2. The largest absolute Gasteiger partial charge is 0.491 e. The van der Waals surface area contributed by atoms with Crippen molar-refractivity contribution in [1.29, 1.82) is 5.26 Å². The first-order chi connectivity index (χ1) is 17.0. The van der Waals surface area contributed by atoms with Crippen molar-refractivity contribution in [2.24, 2.45) is 0 Å². The zero-order chi connectivity index (χ0) is 24.8. The molecule has 0 aromatic heterocycles. The summed E-state index contributed by atoms with van der Waals surface area (Å²) < 4.78 is 5.53. The molecule has 35 heavy (non-hydrogen) atoms. The van der Waals surface area contributed by atoms with Crippen molar-refractivity contribution in [3.8, 4) is 11.8 Å². The molecular weight excluding hydrogens is 462 g/mol. The first-order valence-corrected chi connectivity index (χ1v) is 12.1. The van der Waals surface area contributed by atoms with Crippen LogP contribution in [0.4, 0.5) is 5.69 Å². The van der Waals surface area contributed by atoms with Crippen LogP contribution in [0.15, 0.2) is 72.8 Å². The highest BCUT2D eigenvalue weighted by Gasteiger charge is 2.34. The quantitative estimate of drug-likeness (QED) is 0.480. The number of piperazine rings is 1. The van der Waals surface area contributed by atoms with Crippen LogP contribution in [0.5, 0.6) is 5.75 Å². The van der Waals surface area contributed by atoms with Crippen LogP contribution in [-0.2, 0) is 0 Å². The summed E-state index contributed by atoms with van der Waals surface area (Å²) in [5.41, 5.74) is 3.62. The Bertz CT molecular complexity index is 1130. The molecule has 0 amide bonds. The molecule has 1 aliphatic rings. The van der Waals surface area contributed by atoms with E-state index in [9.17, 15) is 5.11 Å². The molecule has 6 nitrogen and oxygen atoms in total. The smallest absolute Gasteiger partial charge is 0.119 e. The molecule has 0 bridgehead atoms. The molecule has 4 rings (SSSR count). The summed E-state index contributed by atoms with van der Waals surface area (Å²) in [6, 6.07) is 25.4. The summed E-state index contributed by atoms with van der Waals surface area (Å²) in [5, 5.41) is 29.6. The van der Waals surface area contributed by atoms with E-state index in [1.165, 1.54) is 0 Å². The van der Waals surface area contributed by atoms with Gasteiger partial charge in [0.25, 0.3) is 0 Å². The molecule has 3 aromatic rings. The van der Waals surface area contributed by atoms with Gasteiger partial charge < -0.3 is 19.8 Å². The summed E-state index contributed by atoms with van der Waals surface area (Å²) in [6.07, 6.45) is -0.643. The van der Waals surface area contributed by atoms with Gasteiger partial charge in [-0.3, -0.25) is 4.90 Å². The third kappa shape index (κ3) is 6.14. The highest BCUT2D eigenvalue weighted by atomic mass is 35.5.